The Morgan fingerprint density at radius 2 is 1.00 bits per heavy atom. The van der Waals surface area contributed by atoms with Gasteiger partial charge in [-0.3, -0.25) is 0 Å². The van der Waals surface area contributed by atoms with Crippen LogP contribution in [0.3, 0.4) is 0 Å². The van der Waals surface area contributed by atoms with Gasteiger partial charge in [-0.1, -0.05) is 133 Å². The predicted octanol–water partition coefficient (Wildman–Crippen LogP) is 13.8. The zero-order chi connectivity index (χ0) is 36.7. The molecule has 260 valence electrons. The summed E-state index contributed by atoms with van der Waals surface area (Å²) in [5, 5.41) is 11.2. The summed E-state index contributed by atoms with van der Waals surface area (Å²) in [4.78, 5) is 14.6. The molecule has 56 heavy (non-hydrogen) atoms. The Bertz CT molecular complexity index is 3560. The summed E-state index contributed by atoms with van der Waals surface area (Å²) in [6.45, 7) is 0. The van der Waals surface area contributed by atoms with Gasteiger partial charge in [-0.15, -0.1) is 0 Å². The third-order valence-electron chi connectivity index (χ3n) is 11.2. The van der Waals surface area contributed by atoms with Gasteiger partial charge in [-0.2, -0.15) is 0 Å². The zero-order valence-corrected chi connectivity index (χ0v) is 29.9. The highest BCUT2D eigenvalue weighted by molar-refractivity contribution is 6.21. The molecule has 0 saturated carbocycles. The molecule has 9 aromatic carbocycles. The minimum atomic E-state index is 0.577. The molecular weight excluding hydrogens is 687 g/mol. The number of fused-ring (bicyclic) bond motifs is 10. The summed E-state index contributed by atoms with van der Waals surface area (Å²) in [6.07, 6.45) is 1.61. The van der Waals surface area contributed by atoms with E-state index in [4.69, 9.17) is 18.8 Å². The lowest BCUT2D eigenvalue weighted by atomic mass is 9.92. The highest BCUT2D eigenvalue weighted by Crippen LogP contribution is 2.46. The Morgan fingerprint density at radius 1 is 0.339 bits per heavy atom. The quantitative estimate of drug-likeness (QED) is 0.170. The van der Waals surface area contributed by atoms with Crippen LogP contribution >= 0.6 is 0 Å². The van der Waals surface area contributed by atoms with Crippen molar-refractivity contribution in [2.24, 2.45) is 0 Å². The fraction of sp³-hybridized carbons (Fsp3) is 0. The van der Waals surface area contributed by atoms with Gasteiger partial charge in [-0.25, -0.2) is 15.0 Å². The van der Waals surface area contributed by atoms with Crippen molar-refractivity contribution in [1.29, 1.82) is 0 Å². The van der Waals surface area contributed by atoms with Crippen LogP contribution in [0.4, 0.5) is 0 Å². The maximum absolute atomic E-state index is 6.80. The number of hydrogen-bond acceptors (Lipinski definition) is 5. The summed E-state index contributed by atoms with van der Waals surface area (Å²) in [7, 11) is 0. The third kappa shape index (κ3) is 4.71. The number of aromatic nitrogens is 3. The minimum absolute atomic E-state index is 0.577. The van der Waals surface area contributed by atoms with Crippen molar-refractivity contribution >= 4 is 76.2 Å². The van der Waals surface area contributed by atoms with Crippen molar-refractivity contribution in [1.82, 2.24) is 15.0 Å². The van der Waals surface area contributed by atoms with Gasteiger partial charge in [0.15, 0.2) is 11.6 Å². The topological polar surface area (TPSA) is 65.0 Å². The van der Waals surface area contributed by atoms with Crippen LogP contribution in [0.2, 0.25) is 0 Å². The van der Waals surface area contributed by atoms with Gasteiger partial charge in [0.1, 0.15) is 28.7 Å². The van der Waals surface area contributed by atoms with Crippen molar-refractivity contribution in [3.8, 4) is 45.0 Å². The Kier molecular flexibility index (Phi) is 6.56. The fourth-order valence-electron chi connectivity index (χ4n) is 8.55. The summed E-state index contributed by atoms with van der Waals surface area (Å²) in [5.74, 6) is 1.19. The Hall–Kier alpha value is -7.63. The molecule has 3 aromatic heterocycles. The van der Waals surface area contributed by atoms with Crippen LogP contribution in [0.1, 0.15) is 0 Å². The van der Waals surface area contributed by atoms with E-state index in [9.17, 15) is 0 Å². The Morgan fingerprint density at radius 3 is 1.93 bits per heavy atom. The molecule has 0 atom stereocenters. The molecule has 0 unspecified atom stereocenters. The van der Waals surface area contributed by atoms with E-state index in [1.54, 1.807) is 6.33 Å². The minimum Gasteiger partial charge on any atom is -0.456 e. The molecule has 0 aliphatic carbocycles. The van der Waals surface area contributed by atoms with Crippen LogP contribution in [0.15, 0.2) is 185 Å². The van der Waals surface area contributed by atoms with Gasteiger partial charge in [0, 0.05) is 38.2 Å². The van der Waals surface area contributed by atoms with E-state index in [0.29, 0.717) is 11.6 Å². The molecule has 12 rings (SSSR count). The highest BCUT2D eigenvalue weighted by atomic mass is 16.3. The van der Waals surface area contributed by atoms with Crippen molar-refractivity contribution < 1.29 is 8.83 Å². The van der Waals surface area contributed by atoms with Crippen molar-refractivity contribution in [2.45, 2.75) is 0 Å². The van der Waals surface area contributed by atoms with Gasteiger partial charge in [0.05, 0.1) is 0 Å². The second-order valence-corrected chi connectivity index (χ2v) is 14.4. The van der Waals surface area contributed by atoms with Crippen LogP contribution in [0, 0.1) is 0 Å². The largest absolute Gasteiger partial charge is 0.456 e. The number of nitrogens with zero attached hydrogens (tertiary/aromatic N) is 3. The first-order chi connectivity index (χ1) is 27.7. The van der Waals surface area contributed by atoms with E-state index in [1.165, 1.54) is 26.9 Å². The number of rotatable bonds is 4. The highest BCUT2D eigenvalue weighted by Gasteiger charge is 2.22. The summed E-state index contributed by atoms with van der Waals surface area (Å²) < 4.78 is 13.5. The maximum Gasteiger partial charge on any atom is 0.164 e. The molecule has 0 amide bonds. The molecule has 0 spiro atoms. The van der Waals surface area contributed by atoms with Crippen LogP contribution in [-0.2, 0) is 0 Å². The number of benzene rings is 9. The molecule has 12 aromatic rings. The van der Waals surface area contributed by atoms with Gasteiger partial charge in [0.25, 0.3) is 0 Å². The maximum atomic E-state index is 6.80. The molecule has 0 N–H and O–H groups in total. The monoisotopic (exact) mass is 715 g/mol. The molecule has 0 saturated heterocycles. The Labute approximate surface area is 320 Å². The summed E-state index contributed by atoms with van der Waals surface area (Å²) >= 11 is 0. The molecule has 5 nitrogen and oxygen atoms in total. The van der Waals surface area contributed by atoms with E-state index in [2.05, 4.69) is 151 Å². The van der Waals surface area contributed by atoms with E-state index in [0.717, 1.165) is 82.6 Å². The first-order valence-corrected chi connectivity index (χ1v) is 18.7. The lowest BCUT2D eigenvalue weighted by Gasteiger charge is -2.11. The van der Waals surface area contributed by atoms with Crippen molar-refractivity contribution in [2.75, 3.05) is 0 Å². The Balaban J connectivity index is 1.11. The van der Waals surface area contributed by atoms with Crippen molar-refractivity contribution in [3.63, 3.8) is 0 Å². The molecule has 0 fully saturated rings. The lowest BCUT2D eigenvalue weighted by molar-refractivity contribution is 0.669. The van der Waals surface area contributed by atoms with Gasteiger partial charge < -0.3 is 8.83 Å². The average Bonchev–Trinajstić information content (AvgIpc) is 3.84. The smallest absolute Gasteiger partial charge is 0.164 e. The number of hydrogen-bond donors (Lipinski definition) is 0. The zero-order valence-electron chi connectivity index (χ0n) is 29.9. The van der Waals surface area contributed by atoms with Gasteiger partial charge >= 0.3 is 0 Å². The van der Waals surface area contributed by atoms with Crippen LogP contribution < -0.4 is 0 Å². The number of furan rings is 2. The standard InChI is InChI=1S/C51H29N3O2/c1-2-11-33-25-34(23-19-30(33)9-1)36-27-43(40-15-7-14-39-38-13-5-6-17-44(38)56-49(39)40)48-46(28-36)55-45-18-8-16-41(47(45)48)51-53-29-52-50(54-51)35-24-22-32-21-20-31-10-3-4-12-37(31)42(32)26-35/h1-29H. The number of para-hydroxylation sites is 2. The SMILES string of the molecule is c1ccc2cc(-c3cc(-c4cccc5c4oc4ccccc45)c4c(c3)oc3cccc(-c5ncnc(-c6ccc7ccc8ccccc8c7c6)n5)c34)ccc2c1. The van der Waals surface area contributed by atoms with Crippen LogP contribution in [0.25, 0.3) is 121 Å². The van der Waals surface area contributed by atoms with Crippen molar-refractivity contribution in [3.05, 3.63) is 176 Å². The van der Waals surface area contributed by atoms with E-state index < -0.39 is 0 Å². The van der Waals surface area contributed by atoms with E-state index in [-0.39, 0.29) is 0 Å². The normalized spacial score (nSPS) is 11.9. The van der Waals surface area contributed by atoms with Crippen LogP contribution in [0.5, 0.6) is 0 Å². The summed E-state index contributed by atoms with van der Waals surface area (Å²) in [6, 6.07) is 59.5. The first kappa shape index (κ1) is 30.8. The lowest BCUT2D eigenvalue weighted by Crippen LogP contribution is -1.96. The first-order valence-electron chi connectivity index (χ1n) is 18.7. The summed E-state index contributed by atoms with van der Waals surface area (Å²) in [5.41, 5.74) is 9.18. The van der Waals surface area contributed by atoms with Crippen LogP contribution in [-0.4, -0.2) is 15.0 Å². The fourth-order valence-corrected chi connectivity index (χ4v) is 8.55. The van der Waals surface area contributed by atoms with E-state index >= 15 is 0 Å². The molecule has 3 heterocycles. The molecule has 0 aliphatic rings. The molecular formula is C51H29N3O2. The predicted molar refractivity (Wildman–Crippen MR) is 229 cm³/mol. The third-order valence-corrected chi connectivity index (χ3v) is 11.2. The molecule has 5 heteroatoms. The molecule has 0 aliphatic heterocycles. The van der Waals surface area contributed by atoms with Gasteiger partial charge in [0.2, 0.25) is 0 Å². The second kappa shape index (κ2) is 11.9. The molecule has 0 radical (unpaired) electrons. The van der Waals surface area contributed by atoms with E-state index in [1.807, 2.05) is 24.3 Å². The average molecular weight is 716 g/mol. The second-order valence-electron chi connectivity index (χ2n) is 14.4. The molecule has 0 bridgehead atoms. The van der Waals surface area contributed by atoms with Gasteiger partial charge in [-0.05, 0) is 85.4 Å².